The third-order valence-corrected chi connectivity index (χ3v) is 3.44. The first-order chi connectivity index (χ1) is 9.66. The van der Waals surface area contributed by atoms with E-state index in [4.69, 9.17) is 0 Å². The first-order valence-electron chi connectivity index (χ1n) is 6.76. The molecule has 0 spiro atoms. The molecule has 0 aliphatic heterocycles. The number of benzene rings is 3. The Morgan fingerprint density at radius 3 is 1.85 bits per heavy atom. The van der Waals surface area contributed by atoms with Crippen molar-refractivity contribution in [2.24, 2.45) is 0 Å². The van der Waals surface area contributed by atoms with E-state index in [2.05, 4.69) is 18.2 Å². The molecular formula is C19H16O. The van der Waals surface area contributed by atoms with Crippen LogP contribution in [-0.2, 0) is 0 Å². The zero-order valence-electron chi connectivity index (χ0n) is 11.7. The molecule has 3 rings (SSSR count). The Morgan fingerprint density at radius 2 is 1.35 bits per heavy atom. The summed E-state index contributed by atoms with van der Waals surface area (Å²) in [6.45, 7) is 3.90. The predicted octanol–water partition coefficient (Wildman–Crippen LogP) is 5.14. The van der Waals surface area contributed by atoms with Crippen LogP contribution in [0.4, 0.5) is 0 Å². The van der Waals surface area contributed by atoms with E-state index in [0.29, 0.717) is 0 Å². The Kier molecular flexibility index (Phi) is 3.11. The fraction of sp³-hybridized carbons (Fsp3) is 0.105. The molecule has 98 valence electrons. The van der Waals surface area contributed by atoms with Gasteiger partial charge in [-0.15, -0.1) is 0 Å². The average Bonchev–Trinajstić information content (AvgIpc) is 2.43. The Labute approximate surface area is 118 Å². The number of ketones is 1. The summed E-state index contributed by atoms with van der Waals surface area (Å²) in [5, 5.41) is 4.26. The summed E-state index contributed by atoms with van der Waals surface area (Å²) in [5.41, 5.74) is 1.83. The van der Waals surface area contributed by atoms with Crippen LogP contribution in [0.1, 0.15) is 24.2 Å². The summed E-state index contributed by atoms with van der Waals surface area (Å²) in [7, 11) is 0. The molecule has 0 aromatic heterocycles. The van der Waals surface area contributed by atoms with Crippen molar-refractivity contribution in [2.45, 2.75) is 13.8 Å². The Bertz CT molecular complexity index is 783. The van der Waals surface area contributed by atoms with E-state index in [1.54, 1.807) is 6.08 Å². The molecule has 0 saturated carbocycles. The number of rotatable bonds is 2. The molecular weight excluding hydrogens is 244 g/mol. The Hall–Kier alpha value is -2.41. The maximum absolute atomic E-state index is 12.6. The highest BCUT2D eigenvalue weighted by atomic mass is 16.1. The molecule has 0 aliphatic rings. The zero-order valence-corrected chi connectivity index (χ0v) is 11.7. The molecule has 0 unspecified atom stereocenters. The van der Waals surface area contributed by atoms with Gasteiger partial charge in [-0.3, -0.25) is 4.79 Å². The van der Waals surface area contributed by atoms with Crippen LogP contribution >= 0.6 is 0 Å². The molecule has 3 aromatic carbocycles. The first kappa shape index (κ1) is 12.6. The molecule has 0 bridgehead atoms. The molecule has 0 saturated heterocycles. The summed E-state index contributed by atoms with van der Waals surface area (Å²) in [5.74, 6) is 0.0815. The fourth-order valence-electron chi connectivity index (χ4n) is 2.61. The fourth-order valence-corrected chi connectivity index (χ4v) is 2.61. The van der Waals surface area contributed by atoms with E-state index in [1.165, 1.54) is 0 Å². The van der Waals surface area contributed by atoms with Crippen molar-refractivity contribution < 1.29 is 4.79 Å². The van der Waals surface area contributed by atoms with Crippen molar-refractivity contribution in [2.75, 3.05) is 0 Å². The minimum absolute atomic E-state index is 0.0815. The summed E-state index contributed by atoms with van der Waals surface area (Å²) in [4.78, 5) is 12.6. The maximum Gasteiger partial charge on any atom is 0.187 e. The number of carbonyl (C=O) groups excluding carboxylic acids is 1. The molecule has 0 aliphatic carbocycles. The smallest absolute Gasteiger partial charge is 0.187 e. The van der Waals surface area contributed by atoms with Crippen LogP contribution in [0.25, 0.3) is 21.5 Å². The Morgan fingerprint density at radius 1 is 0.850 bits per heavy atom. The first-order valence-corrected chi connectivity index (χ1v) is 6.76. The number of fused-ring (bicyclic) bond motifs is 2. The second kappa shape index (κ2) is 4.93. The van der Waals surface area contributed by atoms with Crippen LogP contribution in [0.5, 0.6) is 0 Å². The molecule has 1 heteroatoms. The third-order valence-electron chi connectivity index (χ3n) is 3.44. The minimum atomic E-state index is 0.0815. The van der Waals surface area contributed by atoms with Gasteiger partial charge in [0.25, 0.3) is 0 Å². The molecule has 20 heavy (non-hydrogen) atoms. The van der Waals surface area contributed by atoms with Crippen LogP contribution in [0.15, 0.2) is 66.2 Å². The van der Waals surface area contributed by atoms with Gasteiger partial charge in [0.15, 0.2) is 5.78 Å². The summed E-state index contributed by atoms with van der Waals surface area (Å²) >= 11 is 0. The van der Waals surface area contributed by atoms with Gasteiger partial charge < -0.3 is 0 Å². The van der Waals surface area contributed by atoms with Crippen molar-refractivity contribution in [3.8, 4) is 0 Å². The molecule has 0 N–H and O–H groups in total. The van der Waals surface area contributed by atoms with Crippen molar-refractivity contribution in [3.63, 3.8) is 0 Å². The van der Waals surface area contributed by atoms with E-state index in [9.17, 15) is 4.79 Å². The second-order valence-electron chi connectivity index (χ2n) is 5.28. The van der Waals surface area contributed by atoms with Gasteiger partial charge in [-0.2, -0.15) is 0 Å². The van der Waals surface area contributed by atoms with Gasteiger partial charge in [0, 0.05) is 5.56 Å². The van der Waals surface area contributed by atoms with E-state index in [1.807, 2.05) is 50.2 Å². The number of hydrogen-bond donors (Lipinski definition) is 0. The standard InChI is InChI=1S/C19H16O/c1-13(2)11-18(20)19-16-9-5-3-7-14(16)12-15-8-4-6-10-17(15)19/h3-12H,1-2H3. The van der Waals surface area contributed by atoms with Gasteiger partial charge in [0.1, 0.15) is 0 Å². The highest BCUT2D eigenvalue weighted by Gasteiger charge is 2.12. The molecule has 3 aromatic rings. The molecule has 0 fully saturated rings. The quantitative estimate of drug-likeness (QED) is 0.354. The highest BCUT2D eigenvalue weighted by molar-refractivity contribution is 6.22. The lowest BCUT2D eigenvalue weighted by molar-refractivity contribution is 0.104. The lowest BCUT2D eigenvalue weighted by atomic mass is 9.93. The molecule has 1 nitrogen and oxygen atoms in total. The van der Waals surface area contributed by atoms with E-state index < -0.39 is 0 Å². The second-order valence-corrected chi connectivity index (χ2v) is 5.28. The Balaban J connectivity index is 2.45. The SMILES string of the molecule is CC(C)=CC(=O)c1c2ccccc2cc2ccccc12. The van der Waals surface area contributed by atoms with Crippen LogP contribution in [0, 0.1) is 0 Å². The zero-order chi connectivity index (χ0) is 14.1. The third kappa shape index (κ3) is 2.12. The lowest BCUT2D eigenvalue weighted by Crippen LogP contribution is -1.98. The summed E-state index contributed by atoms with van der Waals surface area (Å²) < 4.78 is 0. The summed E-state index contributed by atoms with van der Waals surface area (Å²) in [6, 6.07) is 18.3. The highest BCUT2D eigenvalue weighted by Crippen LogP contribution is 2.29. The van der Waals surface area contributed by atoms with Crippen LogP contribution in [0.2, 0.25) is 0 Å². The van der Waals surface area contributed by atoms with Crippen LogP contribution in [-0.4, -0.2) is 5.78 Å². The average molecular weight is 260 g/mol. The van der Waals surface area contributed by atoms with Crippen molar-refractivity contribution >= 4 is 27.3 Å². The van der Waals surface area contributed by atoms with Gasteiger partial charge >= 0.3 is 0 Å². The van der Waals surface area contributed by atoms with Gasteiger partial charge in [-0.1, -0.05) is 54.1 Å². The maximum atomic E-state index is 12.6. The van der Waals surface area contributed by atoms with Gasteiger partial charge in [0.2, 0.25) is 0 Å². The minimum Gasteiger partial charge on any atom is -0.289 e. The molecule has 0 radical (unpaired) electrons. The van der Waals surface area contributed by atoms with Crippen molar-refractivity contribution in [1.82, 2.24) is 0 Å². The van der Waals surface area contributed by atoms with Crippen molar-refractivity contribution in [3.05, 3.63) is 71.8 Å². The van der Waals surface area contributed by atoms with E-state index >= 15 is 0 Å². The van der Waals surface area contributed by atoms with Crippen LogP contribution < -0.4 is 0 Å². The largest absolute Gasteiger partial charge is 0.289 e. The summed E-state index contributed by atoms with van der Waals surface area (Å²) in [6.07, 6.45) is 1.72. The molecule has 0 atom stereocenters. The van der Waals surface area contributed by atoms with E-state index in [-0.39, 0.29) is 5.78 Å². The van der Waals surface area contributed by atoms with Gasteiger partial charge in [-0.05, 0) is 47.5 Å². The van der Waals surface area contributed by atoms with E-state index in [0.717, 1.165) is 32.7 Å². The predicted molar refractivity (Wildman–Crippen MR) is 85.2 cm³/mol. The number of hydrogen-bond acceptors (Lipinski definition) is 1. The molecule has 0 heterocycles. The lowest BCUT2D eigenvalue weighted by Gasteiger charge is -2.09. The van der Waals surface area contributed by atoms with Crippen LogP contribution in [0.3, 0.4) is 0 Å². The number of carbonyl (C=O) groups is 1. The van der Waals surface area contributed by atoms with Gasteiger partial charge in [0.05, 0.1) is 0 Å². The molecule has 0 amide bonds. The van der Waals surface area contributed by atoms with Crippen molar-refractivity contribution in [1.29, 1.82) is 0 Å². The topological polar surface area (TPSA) is 17.1 Å². The normalized spacial score (nSPS) is 10.7. The van der Waals surface area contributed by atoms with Gasteiger partial charge in [-0.25, -0.2) is 0 Å². The monoisotopic (exact) mass is 260 g/mol. The number of allylic oxidation sites excluding steroid dienone is 2.